The molecule has 12 heteroatoms. The summed E-state index contributed by atoms with van der Waals surface area (Å²) in [6.07, 6.45) is -4.93. The third kappa shape index (κ3) is 5.17. The van der Waals surface area contributed by atoms with Crippen LogP contribution < -0.4 is 21.3 Å². The Morgan fingerprint density at radius 1 is 1.15 bits per heavy atom. The maximum atomic E-state index is 12.3. The Bertz CT molecular complexity index is 911. The third-order valence-corrected chi connectivity index (χ3v) is 3.99. The predicted octanol–water partition coefficient (Wildman–Crippen LogP) is 2.55. The van der Waals surface area contributed by atoms with E-state index in [-0.39, 0.29) is 26.9 Å². The SMILES string of the molecule is Nc1ccc(OC(F)(F)F)cc1C(=O)NNc1cc(Cl)ccc1[SH](=O)=O. The number of benzene rings is 2. The average Bonchev–Trinajstić information content (AvgIpc) is 2.52. The lowest BCUT2D eigenvalue weighted by molar-refractivity contribution is -0.274. The number of alkyl halides is 3. The van der Waals surface area contributed by atoms with Crippen LogP contribution in [0.25, 0.3) is 0 Å². The van der Waals surface area contributed by atoms with Crippen molar-refractivity contribution in [3.63, 3.8) is 0 Å². The van der Waals surface area contributed by atoms with Crippen molar-refractivity contribution in [2.45, 2.75) is 11.3 Å². The third-order valence-electron chi connectivity index (χ3n) is 2.97. The van der Waals surface area contributed by atoms with E-state index < -0.39 is 28.7 Å². The number of rotatable bonds is 5. The average molecular weight is 410 g/mol. The molecule has 0 aromatic heterocycles. The minimum atomic E-state index is -4.93. The zero-order chi connectivity index (χ0) is 19.5. The number of ether oxygens (including phenoxy) is 1. The largest absolute Gasteiger partial charge is 0.573 e. The number of hydrogen-bond donors (Lipinski definition) is 4. The molecule has 140 valence electrons. The number of hydrazine groups is 1. The van der Waals surface area contributed by atoms with Gasteiger partial charge in [0, 0.05) is 10.7 Å². The van der Waals surface area contributed by atoms with Crippen molar-refractivity contribution in [2.75, 3.05) is 11.2 Å². The first-order valence-corrected chi connectivity index (χ1v) is 8.28. The van der Waals surface area contributed by atoms with E-state index >= 15 is 0 Å². The molecule has 0 aliphatic rings. The van der Waals surface area contributed by atoms with Gasteiger partial charge in [0.05, 0.1) is 16.1 Å². The zero-order valence-corrected chi connectivity index (χ0v) is 14.3. The van der Waals surface area contributed by atoms with Gasteiger partial charge in [0.15, 0.2) is 10.7 Å². The first kappa shape index (κ1) is 19.7. The van der Waals surface area contributed by atoms with Gasteiger partial charge in [-0.15, -0.1) is 13.2 Å². The molecule has 0 saturated heterocycles. The fourth-order valence-electron chi connectivity index (χ4n) is 1.89. The number of nitrogens with one attached hydrogen (secondary N) is 2. The Labute approximate surface area is 151 Å². The number of hydrogen-bond acceptors (Lipinski definition) is 6. The van der Waals surface area contributed by atoms with E-state index in [9.17, 15) is 26.4 Å². The molecule has 0 heterocycles. The minimum Gasteiger partial charge on any atom is -0.406 e. The second-order valence-electron chi connectivity index (χ2n) is 4.79. The second-order valence-corrected chi connectivity index (χ2v) is 6.23. The summed E-state index contributed by atoms with van der Waals surface area (Å²) < 4.78 is 62.9. The standard InChI is InChI=1S/C14H11ClF3N3O4S/c15-7-1-4-12(26(23)24)11(5-7)20-21-13(22)9-6-8(2-3-10(9)19)25-14(16,17)18/h1-6,20,26H,19H2,(H,21,22). The first-order chi connectivity index (χ1) is 12.1. The van der Waals surface area contributed by atoms with E-state index in [1.54, 1.807) is 0 Å². The fraction of sp³-hybridized carbons (Fsp3) is 0.0714. The number of amides is 1. The van der Waals surface area contributed by atoms with Crippen LogP contribution in [0.4, 0.5) is 24.5 Å². The number of nitrogen functional groups attached to an aromatic ring is 1. The highest BCUT2D eigenvalue weighted by molar-refractivity contribution is 7.72. The molecular formula is C14H11ClF3N3O4S. The Kier molecular flexibility index (Phi) is 5.83. The van der Waals surface area contributed by atoms with Crippen molar-refractivity contribution in [3.05, 3.63) is 47.0 Å². The Morgan fingerprint density at radius 3 is 2.46 bits per heavy atom. The summed E-state index contributed by atoms with van der Waals surface area (Å²) in [6.45, 7) is 0. The molecule has 26 heavy (non-hydrogen) atoms. The molecule has 4 N–H and O–H groups in total. The molecule has 7 nitrogen and oxygen atoms in total. The summed E-state index contributed by atoms with van der Waals surface area (Å²) >= 11 is 5.77. The molecule has 2 aromatic rings. The van der Waals surface area contributed by atoms with Crippen LogP contribution in [0, 0.1) is 0 Å². The molecule has 0 fully saturated rings. The van der Waals surface area contributed by atoms with E-state index in [4.69, 9.17) is 17.3 Å². The summed E-state index contributed by atoms with van der Waals surface area (Å²) in [4.78, 5) is 12.0. The quantitative estimate of drug-likeness (QED) is 0.343. The van der Waals surface area contributed by atoms with Gasteiger partial charge in [0.1, 0.15) is 5.75 Å². The van der Waals surface area contributed by atoms with Crippen LogP contribution in [-0.4, -0.2) is 20.7 Å². The number of carbonyl (C=O) groups excluding carboxylic acids is 1. The minimum absolute atomic E-state index is 0.0248. The molecule has 0 atom stereocenters. The monoisotopic (exact) mass is 409 g/mol. The lowest BCUT2D eigenvalue weighted by Crippen LogP contribution is -2.30. The number of thiol groups is 1. The molecule has 0 saturated carbocycles. The van der Waals surface area contributed by atoms with Crippen LogP contribution in [0.15, 0.2) is 41.3 Å². The number of carbonyl (C=O) groups is 1. The van der Waals surface area contributed by atoms with Crippen LogP contribution in [0.5, 0.6) is 5.75 Å². The molecule has 0 aliphatic heterocycles. The van der Waals surface area contributed by atoms with E-state index in [1.807, 2.05) is 0 Å². The van der Waals surface area contributed by atoms with Gasteiger partial charge in [-0.25, -0.2) is 8.42 Å². The van der Waals surface area contributed by atoms with E-state index in [2.05, 4.69) is 15.6 Å². The van der Waals surface area contributed by atoms with Crippen molar-refractivity contribution < 1.29 is 31.1 Å². The fourth-order valence-corrected chi connectivity index (χ4v) is 2.57. The van der Waals surface area contributed by atoms with Crippen molar-refractivity contribution in [1.82, 2.24) is 5.43 Å². The molecule has 0 spiro atoms. The smallest absolute Gasteiger partial charge is 0.406 e. The summed E-state index contributed by atoms with van der Waals surface area (Å²) in [6, 6.07) is 6.61. The Morgan fingerprint density at radius 2 is 1.85 bits per heavy atom. The maximum Gasteiger partial charge on any atom is 0.573 e. The van der Waals surface area contributed by atoms with Gasteiger partial charge < -0.3 is 10.5 Å². The van der Waals surface area contributed by atoms with Crippen molar-refractivity contribution in [1.29, 1.82) is 0 Å². The Balaban J connectivity index is 2.21. The molecule has 1 amide bonds. The molecule has 2 aromatic carbocycles. The lowest BCUT2D eigenvalue weighted by atomic mass is 10.1. The molecule has 0 bridgehead atoms. The van der Waals surface area contributed by atoms with E-state index in [0.717, 1.165) is 18.2 Å². The Hall–Kier alpha value is -2.66. The number of nitrogens with two attached hydrogens (primary N) is 1. The van der Waals surface area contributed by atoms with Crippen molar-refractivity contribution in [2.24, 2.45) is 0 Å². The van der Waals surface area contributed by atoms with Crippen molar-refractivity contribution in [3.8, 4) is 5.75 Å². The van der Waals surface area contributed by atoms with Crippen LogP contribution in [0.3, 0.4) is 0 Å². The number of anilines is 2. The first-order valence-electron chi connectivity index (χ1n) is 6.72. The molecular weight excluding hydrogens is 399 g/mol. The van der Waals surface area contributed by atoms with Gasteiger partial charge in [0.2, 0.25) is 0 Å². The van der Waals surface area contributed by atoms with Gasteiger partial charge in [-0.3, -0.25) is 15.6 Å². The van der Waals surface area contributed by atoms with Gasteiger partial charge in [-0.05, 0) is 36.4 Å². The molecule has 2 rings (SSSR count). The van der Waals surface area contributed by atoms with Gasteiger partial charge >= 0.3 is 6.36 Å². The topological polar surface area (TPSA) is 111 Å². The predicted molar refractivity (Wildman–Crippen MR) is 88.7 cm³/mol. The second kappa shape index (κ2) is 7.70. The van der Waals surface area contributed by atoms with Gasteiger partial charge in [-0.1, -0.05) is 11.6 Å². The molecule has 0 radical (unpaired) electrons. The van der Waals surface area contributed by atoms with Crippen LogP contribution in [-0.2, 0) is 10.7 Å². The summed E-state index contributed by atoms with van der Waals surface area (Å²) in [5, 5.41) is 0.197. The van der Waals surface area contributed by atoms with E-state index in [0.29, 0.717) is 0 Å². The summed E-state index contributed by atoms with van der Waals surface area (Å²) in [5.74, 6) is -1.55. The van der Waals surface area contributed by atoms with E-state index in [1.165, 1.54) is 18.2 Å². The molecule has 0 aliphatic carbocycles. The van der Waals surface area contributed by atoms with Crippen LogP contribution in [0.1, 0.15) is 10.4 Å². The van der Waals surface area contributed by atoms with Gasteiger partial charge in [0.25, 0.3) is 5.91 Å². The number of halogens is 4. The normalized spacial score (nSPS) is 11.3. The highest BCUT2D eigenvalue weighted by Gasteiger charge is 2.31. The lowest BCUT2D eigenvalue weighted by Gasteiger charge is -2.14. The molecule has 0 unspecified atom stereocenters. The van der Waals surface area contributed by atoms with Crippen LogP contribution in [0.2, 0.25) is 5.02 Å². The van der Waals surface area contributed by atoms with Crippen molar-refractivity contribution >= 4 is 39.6 Å². The summed E-state index contributed by atoms with van der Waals surface area (Å²) in [5.41, 5.74) is 9.61. The zero-order valence-electron chi connectivity index (χ0n) is 12.6. The summed E-state index contributed by atoms with van der Waals surface area (Å²) in [7, 11) is -2.98. The van der Waals surface area contributed by atoms with Gasteiger partial charge in [-0.2, -0.15) is 0 Å². The highest BCUT2D eigenvalue weighted by Crippen LogP contribution is 2.26. The van der Waals surface area contributed by atoms with Crippen LogP contribution >= 0.6 is 11.6 Å². The highest BCUT2D eigenvalue weighted by atomic mass is 35.5. The maximum absolute atomic E-state index is 12.3.